The normalized spacial score (nSPS) is 32.8. The first-order valence-corrected chi connectivity index (χ1v) is 1.88. The van der Waals surface area contributed by atoms with Gasteiger partial charge < -0.3 is 5.11 Å². The van der Waals surface area contributed by atoms with Crippen molar-refractivity contribution >= 4 is 5.97 Å². The average Bonchev–Trinajstić information content (AvgIpc) is 1.98. The number of carboxylic acids is 1. The molecule has 0 heterocycles. The Balaban J connectivity index is 5.47. The first-order chi connectivity index (χ1) is 7.17. The van der Waals surface area contributed by atoms with Crippen molar-refractivity contribution in [2.24, 2.45) is 0 Å². The van der Waals surface area contributed by atoms with Crippen molar-refractivity contribution in [1.82, 2.24) is 0 Å². The first kappa shape index (κ1) is 1.31. The molecule has 0 atom stereocenters. The summed E-state index contributed by atoms with van der Waals surface area (Å²) in [5.41, 5.74) is 0. The first-order valence-electron chi connectivity index (χ1n) is 6.38. The van der Waals surface area contributed by atoms with E-state index in [2.05, 4.69) is 0 Å². The molecule has 0 saturated heterocycles. The molecule has 0 spiro atoms. The average molecular weight is 125 g/mol. The van der Waals surface area contributed by atoms with E-state index in [1.807, 2.05) is 0 Å². The van der Waals surface area contributed by atoms with Crippen LogP contribution in [0.4, 0.5) is 0 Å². The Morgan fingerprint density at radius 2 is 2.62 bits per heavy atom. The van der Waals surface area contributed by atoms with Crippen LogP contribution in [-0.2, 0) is 4.79 Å². The van der Waals surface area contributed by atoms with Crippen LogP contribution < -0.4 is 0 Å². The Hall–Kier alpha value is -0.530. The van der Waals surface area contributed by atoms with Crippen LogP contribution in [0.1, 0.15) is 44.7 Å². The fourth-order valence-corrected chi connectivity index (χ4v) is 0.164. The van der Waals surface area contributed by atoms with Gasteiger partial charge >= 0.3 is 5.97 Å². The van der Waals surface area contributed by atoms with Crippen LogP contribution in [0.15, 0.2) is 0 Å². The second-order valence-corrected chi connectivity index (χ2v) is 0.997. The van der Waals surface area contributed by atoms with E-state index in [9.17, 15) is 4.79 Å². The van der Waals surface area contributed by atoms with Crippen molar-refractivity contribution in [2.45, 2.75) is 32.4 Å². The monoisotopic (exact) mass is 125 g/mol. The predicted molar refractivity (Wildman–Crippen MR) is 31.8 cm³/mol. The molecule has 0 bridgehead atoms. The second-order valence-electron chi connectivity index (χ2n) is 0.997. The van der Waals surface area contributed by atoms with Gasteiger partial charge in [0.1, 0.15) is 0 Å². The standard InChI is InChI=1S/C6H12O2/c1-2-3-4-5-6(7)8/h2-5H2,1H3,(H,7,8)/i1D3,2D2,3D2,4D2. The van der Waals surface area contributed by atoms with Gasteiger partial charge in [0.2, 0.25) is 0 Å². The molecular formula is C6H12O2. The van der Waals surface area contributed by atoms with Crippen LogP contribution in [0, 0.1) is 0 Å². The highest BCUT2D eigenvalue weighted by atomic mass is 16.4. The molecule has 2 heteroatoms. The van der Waals surface area contributed by atoms with Crippen molar-refractivity contribution in [2.75, 3.05) is 0 Å². The van der Waals surface area contributed by atoms with Crippen LogP contribution in [0.25, 0.3) is 0 Å². The molecule has 0 amide bonds. The molecule has 1 N–H and O–H groups in total. The van der Waals surface area contributed by atoms with E-state index < -0.39 is 38.4 Å². The molecule has 0 aromatic rings. The predicted octanol–water partition coefficient (Wildman–Crippen LogP) is 1.65. The SMILES string of the molecule is [2H]C([2H])([2H])C([2H])([2H])C([2H])([2H])C([2H])([2H])CC(=O)O. The van der Waals surface area contributed by atoms with Gasteiger partial charge in [0.25, 0.3) is 0 Å². The summed E-state index contributed by atoms with van der Waals surface area (Å²) in [6.07, 6.45) is -11.4. The highest BCUT2D eigenvalue weighted by Gasteiger charge is 1.92. The molecule has 0 aliphatic carbocycles. The Kier molecular flexibility index (Phi) is 0.755. The summed E-state index contributed by atoms with van der Waals surface area (Å²) in [6, 6.07) is 0. The molecule has 0 unspecified atom stereocenters. The third kappa shape index (κ3) is 5.47. The van der Waals surface area contributed by atoms with Gasteiger partial charge in [-0.3, -0.25) is 4.79 Å². The number of hydrogen-bond donors (Lipinski definition) is 1. The van der Waals surface area contributed by atoms with Gasteiger partial charge in [0, 0.05) is 18.8 Å². The third-order valence-corrected chi connectivity index (χ3v) is 0.391. The summed E-state index contributed by atoms with van der Waals surface area (Å²) in [7, 11) is 0. The lowest BCUT2D eigenvalue weighted by atomic mass is 10.2. The Morgan fingerprint density at radius 3 is 3.12 bits per heavy atom. The minimum Gasteiger partial charge on any atom is -0.481 e. The van der Waals surface area contributed by atoms with Crippen molar-refractivity contribution in [1.29, 1.82) is 0 Å². The molecule has 0 rings (SSSR count). The van der Waals surface area contributed by atoms with Crippen LogP contribution in [-0.4, -0.2) is 11.1 Å². The van der Waals surface area contributed by atoms with Gasteiger partial charge in [-0.15, -0.1) is 0 Å². The third-order valence-electron chi connectivity index (χ3n) is 0.391. The highest BCUT2D eigenvalue weighted by Crippen LogP contribution is 1.97. The topological polar surface area (TPSA) is 37.3 Å². The molecule has 0 fully saturated rings. The van der Waals surface area contributed by atoms with E-state index in [-0.39, 0.29) is 0 Å². The van der Waals surface area contributed by atoms with Crippen molar-refractivity contribution in [3.05, 3.63) is 0 Å². The fraction of sp³-hybridized carbons (Fsp3) is 0.833. The fourth-order valence-electron chi connectivity index (χ4n) is 0.164. The minimum atomic E-state index is -3.50. The molecule has 0 saturated carbocycles. The van der Waals surface area contributed by atoms with E-state index in [1.165, 1.54) is 0 Å². The summed E-state index contributed by atoms with van der Waals surface area (Å²) in [6.45, 7) is -3.40. The quantitative estimate of drug-likeness (QED) is 0.620. The zero-order chi connectivity index (χ0) is 14.3. The summed E-state index contributed by atoms with van der Waals surface area (Å²) < 4.78 is 63.9. The van der Waals surface area contributed by atoms with Crippen molar-refractivity contribution < 1.29 is 22.2 Å². The molecule has 2 nitrogen and oxygen atoms in total. The summed E-state index contributed by atoms with van der Waals surface area (Å²) in [5, 5.41) is 8.41. The molecule has 0 aromatic heterocycles. The van der Waals surface area contributed by atoms with Crippen molar-refractivity contribution in [3.8, 4) is 0 Å². The van der Waals surface area contributed by atoms with E-state index in [1.54, 1.807) is 0 Å². The minimum absolute atomic E-state index is 1.32. The van der Waals surface area contributed by atoms with Gasteiger partial charge in [-0.2, -0.15) is 0 Å². The van der Waals surface area contributed by atoms with Gasteiger partial charge in [-0.1, -0.05) is 19.6 Å². The molecule has 48 valence electrons. The molecule has 8 heavy (non-hydrogen) atoms. The van der Waals surface area contributed by atoms with E-state index in [4.69, 9.17) is 17.4 Å². The van der Waals surface area contributed by atoms with Crippen LogP contribution in [0.2, 0.25) is 0 Å². The van der Waals surface area contributed by atoms with Crippen LogP contribution >= 0.6 is 0 Å². The lowest BCUT2D eigenvalue weighted by Gasteiger charge is -1.89. The molecular weight excluding hydrogens is 104 g/mol. The molecule has 0 aromatic carbocycles. The van der Waals surface area contributed by atoms with Crippen LogP contribution in [0.3, 0.4) is 0 Å². The number of hydrogen-bond acceptors (Lipinski definition) is 1. The Morgan fingerprint density at radius 1 is 1.88 bits per heavy atom. The summed E-state index contributed by atoms with van der Waals surface area (Å²) in [5.74, 6) is -1.68. The molecule has 0 aliphatic rings. The number of aliphatic carboxylic acids is 1. The number of carbonyl (C=O) groups is 1. The van der Waals surface area contributed by atoms with Gasteiger partial charge in [0.05, 0.1) is 0 Å². The summed E-state index contributed by atoms with van der Waals surface area (Å²) >= 11 is 0. The number of rotatable bonds is 4. The second kappa shape index (κ2) is 4.62. The maximum atomic E-state index is 10.4. The Labute approximate surface area is 62.2 Å². The van der Waals surface area contributed by atoms with Gasteiger partial charge in [0.15, 0.2) is 0 Å². The van der Waals surface area contributed by atoms with Gasteiger partial charge in [-0.25, -0.2) is 0 Å². The Bertz CT molecular complexity index is 305. The molecule has 0 radical (unpaired) electrons. The van der Waals surface area contributed by atoms with E-state index in [0.717, 1.165) is 0 Å². The van der Waals surface area contributed by atoms with Crippen LogP contribution in [0.5, 0.6) is 0 Å². The highest BCUT2D eigenvalue weighted by molar-refractivity contribution is 5.66. The van der Waals surface area contributed by atoms with E-state index >= 15 is 0 Å². The molecule has 0 aliphatic heterocycles. The largest absolute Gasteiger partial charge is 0.481 e. The van der Waals surface area contributed by atoms with Gasteiger partial charge in [-0.05, 0) is 6.37 Å². The maximum absolute atomic E-state index is 10.4. The lowest BCUT2D eigenvalue weighted by Crippen LogP contribution is -1.92. The summed E-state index contributed by atoms with van der Waals surface area (Å²) in [4.78, 5) is 10.4. The smallest absolute Gasteiger partial charge is 0.303 e. The maximum Gasteiger partial charge on any atom is 0.303 e. The van der Waals surface area contributed by atoms with Crippen molar-refractivity contribution in [3.63, 3.8) is 0 Å². The zero-order valence-electron chi connectivity index (χ0n) is 13.1. The lowest BCUT2D eigenvalue weighted by molar-refractivity contribution is -0.137. The zero-order valence-corrected chi connectivity index (χ0v) is 4.06. The van der Waals surface area contributed by atoms with E-state index in [0.29, 0.717) is 0 Å². The number of carboxylic acid groups (broad SMARTS) is 1.